The van der Waals surface area contributed by atoms with Gasteiger partial charge in [-0.1, -0.05) is 11.6 Å². The summed E-state index contributed by atoms with van der Waals surface area (Å²) < 4.78 is 6.03. The summed E-state index contributed by atoms with van der Waals surface area (Å²) >= 11 is 9.35. The first-order valence-corrected chi connectivity index (χ1v) is 5.04. The van der Waals surface area contributed by atoms with Gasteiger partial charge in [0.15, 0.2) is 0 Å². The monoisotopic (exact) mass is 272 g/mol. The second kappa shape index (κ2) is 3.71. The predicted octanol–water partition coefficient (Wildman–Crippen LogP) is 3.05. The lowest BCUT2D eigenvalue weighted by molar-refractivity contribution is 0.419. The van der Waals surface area contributed by atoms with Crippen LogP contribution in [0.5, 0.6) is 5.75 Å². The fourth-order valence-electron chi connectivity index (χ4n) is 1.24. The van der Waals surface area contributed by atoms with Crippen LogP contribution in [-0.2, 0) is 0 Å². The predicted molar refractivity (Wildman–Crippen MR) is 58.8 cm³/mol. The minimum atomic E-state index is 0.417. The molecule has 14 heavy (non-hydrogen) atoms. The third kappa shape index (κ3) is 1.44. The van der Waals surface area contributed by atoms with Gasteiger partial charge in [0.2, 0.25) is 0 Å². The van der Waals surface area contributed by atoms with E-state index in [0.29, 0.717) is 16.4 Å². The molecule has 0 saturated heterocycles. The van der Waals surface area contributed by atoms with Gasteiger partial charge in [-0.2, -0.15) is 0 Å². The largest absolute Gasteiger partial charge is 0.494 e. The van der Waals surface area contributed by atoms with E-state index < -0.39 is 0 Å². The van der Waals surface area contributed by atoms with Crippen LogP contribution < -0.4 is 4.74 Å². The number of hydrogen-bond donors (Lipinski definition) is 0. The maximum Gasteiger partial charge on any atom is 0.145 e. The summed E-state index contributed by atoms with van der Waals surface area (Å²) in [6, 6.07) is 3.69. The van der Waals surface area contributed by atoms with E-state index in [-0.39, 0.29) is 0 Å². The molecule has 0 aliphatic rings. The average molecular weight is 274 g/mol. The Hall–Kier alpha value is -0.870. The van der Waals surface area contributed by atoms with Crippen molar-refractivity contribution < 1.29 is 4.74 Å². The van der Waals surface area contributed by atoms with Crippen LogP contribution in [0.25, 0.3) is 10.9 Å². The van der Waals surface area contributed by atoms with Crippen molar-refractivity contribution in [3.8, 4) is 5.75 Å². The van der Waals surface area contributed by atoms with Crippen molar-refractivity contribution in [2.24, 2.45) is 0 Å². The zero-order valence-electron chi connectivity index (χ0n) is 7.29. The number of ether oxygens (including phenoxy) is 1. The Kier molecular flexibility index (Phi) is 2.56. The first kappa shape index (κ1) is 9.68. The maximum atomic E-state index is 5.95. The Morgan fingerprint density at radius 2 is 2.14 bits per heavy atom. The molecule has 0 N–H and O–H groups in total. The average Bonchev–Trinajstić information content (AvgIpc) is 2.18. The Balaban J connectivity index is 2.91. The number of hydrogen-bond acceptors (Lipinski definition) is 3. The standard InChI is InChI=1S/C9H6BrClN2O/c1-14-6-3-2-5(10)7-8(6)12-4-13-9(7)11/h2-4H,1H3. The highest BCUT2D eigenvalue weighted by Crippen LogP contribution is 2.33. The minimum Gasteiger partial charge on any atom is -0.494 e. The van der Waals surface area contributed by atoms with Gasteiger partial charge in [-0.25, -0.2) is 9.97 Å². The van der Waals surface area contributed by atoms with Crippen molar-refractivity contribution in [2.45, 2.75) is 0 Å². The van der Waals surface area contributed by atoms with Crippen LogP contribution in [0.4, 0.5) is 0 Å². The normalized spacial score (nSPS) is 10.5. The molecule has 0 atom stereocenters. The molecule has 1 heterocycles. The molecule has 1 aromatic carbocycles. The van der Waals surface area contributed by atoms with Gasteiger partial charge in [0.25, 0.3) is 0 Å². The number of rotatable bonds is 1. The van der Waals surface area contributed by atoms with E-state index in [1.165, 1.54) is 6.33 Å². The van der Waals surface area contributed by atoms with Crippen LogP contribution >= 0.6 is 27.5 Å². The van der Waals surface area contributed by atoms with E-state index in [1.54, 1.807) is 7.11 Å². The zero-order chi connectivity index (χ0) is 10.1. The van der Waals surface area contributed by atoms with Crippen LogP contribution in [-0.4, -0.2) is 17.1 Å². The van der Waals surface area contributed by atoms with E-state index in [9.17, 15) is 0 Å². The summed E-state index contributed by atoms with van der Waals surface area (Å²) in [5, 5.41) is 1.19. The Bertz CT molecular complexity index is 481. The van der Waals surface area contributed by atoms with E-state index in [4.69, 9.17) is 16.3 Å². The first-order valence-electron chi connectivity index (χ1n) is 3.86. The van der Waals surface area contributed by atoms with Gasteiger partial charge >= 0.3 is 0 Å². The third-order valence-electron chi connectivity index (χ3n) is 1.87. The van der Waals surface area contributed by atoms with E-state index in [2.05, 4.69) is 25.9 Å². The van der Waals surface area contributed by atoms with Gasteiger partial charge in [-0.15, -0.1) is 0 Å². The smallest absolute Gasteiger partial charge is 0.145 e. The number of aromatic nitrogens is 2. The molecule has 5 heteroatoms. The summed E-state index contributed by atoms with van der Waals surface area (Å²) in [5.74, 6) is 0.688. The number of nitrogens with zero attached hydrogens (tertiary/aromatic N) is 2. The highest BCUT2D eigenvalue weighted by atomic mass is 79.9. The molecule has 0 aliphatic carbocycles. The first-order chi connectivity index (χ1) is 6.74. The van der Waals surface area contributed by atoms with Gasteiger partial charge in [0.1, 0.15) is 22.7 Å². The quantitative estimate of drug-likeness (QED) is 0.749. The number of methoxy groups -OCH3 is 1. The lowest BCUT2D eigenvalue weighted by Crippen LogP contribution is -1.90. The molecule has 0 radical (unpaired) electrons. The molecular formula is C9H6BrClN2O. The van der Waals surface area contributed by atoms with E-state index >= 15 is 0 Å². The van der Waals surface area contributed by atoms with Gasteiger partial charge in [0.05, 0.1) is 12.5 Å². The fourth-order valence-corrected chi connectivity index (χ4v) is 2.10. The Morgan fingerprint density at radius 3 is 2.86 bits per heavy atom. The molecule has 0 bridgehead atoms. The van der Waals surface area contributed by atoms with Crippen LogP contribution in [0.3, 0.4) is 0 Å². The van der Waals surface area contributed by atoms with Gasteiger partial charge < -0.3 is 4.74 Å². The van der Waals surface area contributed by atoms with Gasteiger partial charge in [-0.05, 0) is 28.1 Å². The highest BCUT2D eigenvalue weighted by molar-refractivity contribution is 9.10. The summed E-state index contributed by atoms with van der Waals surface area (Å²) in [6.45, 7) is 0. The second-order valence-electron chi connectivity index (χ2n) is 2.64. The van der Waals surface area contributed by atoms with E-state index in [0.717, 1.165) is 9.86 Å². The van der Waals surface area contributed by atoms with Crippen LogP contribution in [0.1, 0.15) is 0 Å². The highest BCUT2D eigenvalue weighted by Gasteiger charge is 2.09. The number of fused-ring (bicyclic) bond motifs is 1. The van der Waals surface area contributed by atoms with Crippen LogP contribution in [0, 0.1) is 0 Å². The molecule has 0 aliphatic heterocycles. The molecule has 1 aromatic heterocycles. The SMILES string of the molecule is COc1ccc(Br)c2c(Cl)ncnc12. The van der Waals surface area contributed by atoms with Gasteiger partial charge in [0, 0.05) is 4.47 Å². The molecule has 0 amide bonds. The van der Waals surface area contributed by atoms with Gasteiger partial charge in [-0.3, -0.25) is 0 Å². The lowest BCUT2D eigenvalue weighted by atomic mass is 10.2. The molecule has 72 valence electrons. The minimum absolute atomic E-state index is 0.417. The lowest BCUT2D eigenvalue weighted by Gasteiger charge is -2.06. The van der Waals surface area contributed by atoms with Crippen molar-refractivity contribution in [1.29, 1.82) is 0 Å². The Labute approximate surface area is 94.2 Å². The zero-order valence-corrected chi connectivity index (χ0v) is 9.63. The summed E-state index contributed by atoms with van der Waals surface area (Å²) in [5.41, 5.74) is 0.710. The molecule has 3 nitrogen and oxygen atoms in total. The molecular weight excluding hydrogens is 267 g/mol. The van der Waals surface area contributed by atoms with Crippen molar-refractivity contribution in [3.63, 3.8) is 0 Å². The summed E-state index contributed by atoms with van der Waals surface area (Å²) in [6.07, 6.45) is 1.42. The van der Waals surface area contributed by atoms with Crippen molar-refractivity contribution >= 4 is 38.4 Å². The molecule has 0 spiro atoms. The third-order valence-corrected chi connectivity index (χ3v) is 2.82. The molecule has 2 aromatic rings. The second-order valence-corrected chi connectivity index (χ2v) is 3.85. The van der Waals surface area contributed by atoms with Crippen LogP contribution in [0.15, 0.2) is 22.9 Å². The molecule has 0 unspecified atom stereocenters. The molecule has 0 saturated carbocycles. The summed E-state index contributed by atoms with van der Waals surface area (Å²) in [7, 11) is 1.60. The summed E-state index contributed by atoms with van der Waals surface area (Å²) in [4.78, 5) is 8.04. The van der Waals surface area contributed by atoms with Crippen molar-refractivity contribution in [3.05, 3.63) is 28.1 Å². The maximum absolute atomic E-state index is 5.95. The topological polar surface area (TPSA) is 35.0 Å². The van der Waals surface area contributed by atoms with E-state index in [1.807, 2.05) is 12.1 Å². The molecule has 0 fully saturated rings. The van der Waals surface area contributed by atoms with Crippen molar-refractivity contribution in [2.75, 3.05) is 7.11 Å². The molecule has 2 rings (SSSR count). The van der Waals surface area contributed by atoms with Crippen LogP contribution in [0.2, 0.25) is 5.15 Å². The number of halogens is 2. The number of benzene rings is 1. The van der Waals surface area contributed by atoms with Crippen molar-refractivity contribution in [1.82, 2.24) is 9.97 Å². The Morgan fingerprint density at radius 1 is 1.36 bits per heavy atom. The fraction of sp³-hybridized carbons (Fsp3) is 0.111.